The second kappa shape index (κ2) is 7.59. The molecule has 3 nitrogen and oxygen atoms in total. The van der Waals surface area contributed by atoms with Crippen molar-refractivity contribution in [1.29, 1.82) is 0 Å². The van der Waals surface area contributed by atoms with Crippen molar-refractivity contribution >= 4 is 41.8 Å². The molecule has 2 heterocycles. The molecule has 2 N–H and O–H groups in total. The Labute approximate surface area is 134 Å². The normalized spacial score (nSPS) is 20.9. The number of fused-ring (bicyclic) bond motifs is 1. The van der Waals surface area contributed by atoms with Gasteiger partial charge in [0.2, 0.25) is 5.91 Å². The number of amides is 1. The Morgan fingerprint density at radius 1 is 1.30 bits per heavy atom. The highest BCUT2D eigenvalue weighted by Crippen LogP contribution is 2.24. The molecule has 1 aromatic rings. The Morgan fingerprint density at radius 2 is 2.15 bits per heavy atom. The van der Waals surface area contributed by atoms with Gasteiger partial charge in [0.1, 0.15) is 0 Å². The summed E-state index contributed by atoms with van der Waals surface area (Å²) in [5, 5.41) is 6.54. The highest BCUT2D eigenvalue weighted by Gasteiger charge is 2.21. The maximum Gasteiger partial charge on any atom is 0.234 e. The topological polar surface area (TPSA) is 41.1 Å². The molecule has 1 fully saturated rings. The number of carbonyl (C=O) groups is 1. The first-order chi connectivity index (χ1) is 9.33. The molecule has 1 aromatic carbocycles. The van der Waals surface area contributed by atoms with E-state index in [0.717, 1.165) is 24.6 Å². The number of benzene rings is 1. The number of hydrogen-bond donors (Lipinski definition) is 2. The van der Waals surface area contributed by atoms with E-state index in [4.69, 9.17) is 0 Å². The van der Waals surface area contributed by atoms with Crippen LogP contribution in [0.25, 0.3) is 0 Å². The fraction of sp³-hybridized carbons (Fsp3) is 0.500. The predicted octanol–water partition coefficient (Wildman–Crippen LogP) is 2.18. The highest BCUT2D eigenvalue weighted by molar-refractivity contribution is 8.07. The van der Waals surface area contributed by atoms with Gasteiger partial charge in [0.15, 0.2) is 0 Å². The minimum Gasteiger partial charge on any atom is -0.351 e. The van der Waals surface area contributed by atoms with Crippen LogP contribution in [0.15, 0.2) is 18.2 Å². The molecule has 2 aliphatic rings. The van der Waals surface area contributed by atoms with Crippen LogP contribution in [0.2, 0.25) is 0 Å². The van der Waals surface area contributed by atoms with Crippen molar-refractivity contribution in [3.05, 3.63) is 34.9 Å². The van der Waals surface area contributed by atoms with Gasteiger partial charge in [-0.05, 0) is 16.7 Å². The number of halogens is 1. The van der Waals surface area contributed by atoms with Crippen molar-refractivity contribution in [2.75, 3.05) is 17.3 Å². The summed E-state index contributed by atoms with van der Waals surface area (Å²) in [6.07, 6.45) is 0. The van der Waals surface area contributed by atoms with Crippen LogP contribution in [-0.4, -0.2) is 28.4 Å². The van der Waals surface area contributed by atoms with Crippen molar-refractivity contribution in [3.63, 3.8) is 0 Å². The largest absolute Gasteiger partial charge is 0.351 e. The van der Waals surface area contributed by atoms with Gasteiger partial charge in [-0.3, -0.25) is 4.79 Å². The first-order valence-electron chi connectivity index (χ1n) is 6.61. The van der Waals surface area contributed by atoms with Crippen LogP contribution in [0.4, 0.5) is 0 Å². The van der Waals surface area contributed by atoms with E-state index in [0.29, 0.717) is 6.54 Å². The van der Waals surface area contributed by atoms with Gasteiger partial charge in [0.05, 0.1) is 5.25 Å². The van der Waals surface area contributed by atoms with Gasteiger partial charge in [-0.15, -0.1) is 24.2 Å². The second-order valence-electron chi connectivity index (χ2n) is 4.86. The van der Waals surface area contributed by atoms with Crippen LogP contribution in [-0.2, 0) is 24.4 Å². The molecular formula is C14H19ClN2OS2. The zero-order valence-corrected chi connectivity index (χ0v) is 13.6. The van der Waals surface area contributed by atoms with E-state index in [-0.39, 0.29) is 23.6 Å². The summed E-state index contributed by atoms with van der Waals surface area (Å²) in [7, 11) is 0. The first-order valence-corrected chi connectivity index (χ1v) is 8.82. The quantitative estimate of drug-likeness (QED) is 0.891. The summed E-state index contributed by atoms with van der Waals surface area (Å²) in [6.45, 7) is 2.57. The molecule has 2 aliphatic heterocycles. The zero-order valence-electron chi connectivity index (χ0n) is 11.2. The molecule has 1 unspecified atom stereocenters. The smallest absolute Gasteiger partial charge is 0.234 e. The lowest BCUT2D eigenvalue weighted by molar-refractivity contribution is -0.120. The number of thioether (sulfide) groups is 2. The molecule has 0 saturated carbocycles. The maximum absolute atomic E-state index is 12.0. The van der Waals surface area contributed by atoms with Crippen LogP contribution < -0.4 is 10.6 Å². The van der Waals surface area contributed by atoms with Gasteiger partial charge >= 0.3 is 0 Å². The van der Waals surface area contributed by atoms with E-state index in [1.54, 1.807) is 11.8 Å². The Hall–Kier alpha value is -0.360. The summed E-state index contributed by atoms with van der Waals surface area (Å²) in [5.74, 6) is 3.40. The van der Waals surface area contributed by atoms with Crippen molar-refractivity contribution in [1.82, 2.24) is 10.6 Å². The monoisotopic (exact) mass is 330 g/mol. The van der Waals surface area contributed by atoms with Crippen molar-refractivity contribution in [2.45, 2.75) is 24.9 Å². The third kappa shape index (κ3) is 3.85. The summed E-state index contributed by atoms with van der Waals surface area (Å²) in [4.78, 5) is 12.0. The number of nitrogens with one attached hydrogen (secondary N) is 2. The molecule has 0 bridgehead atoms. The Balaban J connectivity index is 0.00000147. The van der Waals surface area contributed by atoms with Gasteiger partial charge in [-0.1, -0.05) is 18.2 Å². The highest BCUT2D eigenvalue weighted by atomic mass is 35.5. The molecule has 1 amide bonds. The molecule has 0 aliphatic carbocycles. The van der Waals surface area contributed by atoms with E-state index in [9.17, 15) is 4.79 Å². The molecule has 1 saturated heterocycles. The van der Waals surface area contributed by atoms with E-state index < -0.39 is 0 Å². The van der Waals surface area contributed by atoms with Crippen LogP contribution >= 0.6 is 35.9 Å². The van der Waals surface area contributed by atoms with E-state index in [2.05, 4.69) is 28.8 Å². The van der Waals surface area contributed by atoms with Crippen molar-refractivity contribution < 1.29 is 4.79 Å². The standard InChI is InChI=1S/C14H18N2OS2.ClH/c17-14(13-9-18-3-4-19-13)16-6-10-1-2-11-7-15-8-12(11)5-10;/h1-2,5,13,15H,3-4,6-9H2,(H,16,17);1H. The lowest BCUT2D eigenvalue weighted by atomic mass is 10.1. The Morgan fingerprint density at radius 3 is 2.95 bits per heavy atom. The Kier molecular flexibility index (Phi) is 6.08. The van der Waals surface area contributed by atoms with Crippen LogP contribution in [0.3, 0.4) is 0 Å². The lowest BCUT2D eigenvalue weighted by Gasteiger charge is -2.20. The average molecular weight is 331 g/mol. The molecule has 110 valence electrons. The molecule has 0 aromatic heterocycles. The van der Waals surface area contributed by atoms with Gasteiger partial charge in [-0.25, -0.2) is 0 Å². The third-order valence-electron chi connectivity index (χ3n) is 3.48. The number of hydrogen-bond acceptors (Lipinski definition) is 4. The third-order valence-corrected chi connectivity index (χ3v) is 6.23. The summed E-state index contributed by atoms with van der Waals surface area (Å²) in [6, 6.07) is 6.50. The molecule has 0 radical (unpaired) electrons. The van der Waals surface area contributed by atoms with E-state index >= 15 is 0 Å². The van der Waals surface area contributed by atoms with Gasteiger partial charge in [0.25, 0.3) is 0 Å². The van der Waals surface area contributed by atoms with Crippen LogP contribution in [0.1, 0.15) is 16.7 Å². The molecule has 6 heteroatoms. The van der Waals surface area contributed by atoms with Crippen molar-refractivity contribution in [2.24, 2.45) is 0 Å². The molecule has 20 heavy (non-hydrogen) atoms. The minimum atomic E-state index is 0. The predicted molar refractivity (Wildman–Crippen MR) is 89.7 cm³/mol. The number of rotatable bonds is 3. The lowest BCUT2D eigenvalue weighted by Crippen LogP contribution is -2.35. The SMILES string of the molecule is Cl.O=C(NCc1ccc2c(c1)CNC2)C1CSCCS1. The first kappa shape index (κ1) is 16.0. The zero-order chi connectivity index (χ0) is 13.1. The maximum atomic E-state index is 12.0. The van der Waals surface area contributed by atoms with Crippen molar-refractivity contribution in [3.8, 4) is 0 Å². The van der Waals surface area contributed by atoms with Gasteiger partial charge in [-0.2, -0.15) is 11.8 Å². The van der Waals surface area contributed by atoms with Crippen LogP contribution in [0, 0.1) is 0 Å². The van der Waals surface area contributed by atoms with E-state index in [1.807, 2.05) is 11.8 Å². The fourth-order valence-electron chi connectivity index (χ4n) is 2.40. The summed E-state index contributed by atoms with van der Waals surface area (Å²) in [5.41, 5.74) is 3.95. The average Bonchev–Trinajstić information content (AvgIpc) is 2.93. The minimum absolute atomic E-state index is 0. The van der Waals surface area contributed by atoms with Crippen LogP contribution in [0.5, 0.6) is 0 Å². The van der Waals surface area contributed by atoms with Gasteiger partial charge in [0, 0.05) is 36.9 Å². The Bertz CT molecular complexity index is 478. The van der Waals surface area contributed by atoms with Gasteiger partial charge < -0.3 is 10.6 Å². The molecular weight excluding hydrogens is 312 g/mol. The van der Waals surface area contributed by atoms with E-state index in [1.165, 1.54) is 22.4 Å². The fourth-order valence-corrected chi connectivity index (χ4v) is 4.98. The second-order valence-corrected chi connectivity index (χ2v) is 7.32. The number of carbonyl (C=O) groups excluding carboxylic acids is 1. The molecule has 1 atom stereocenters. The molecule has 0 spiro atoms. The molecule has 3 rings (SSSR count). The summed E-state index contributed by atoms with van der Waals surface area (Å²) < 4.78 is 0. The summed E-state index contributed by atoms with van der Waals surface area (Å²) >= 11 is 3.66.